The van der Waals surface area contributed by atoms with Crippen LogP contribution in [0.1, 0.15) is 30.3 Å². The Balaban J connectivity index is 2.05. The average Bonchev–Trinajstić information content (AvgIpc) is 2.82. The highest BCUT2D eigenvalue weighted by Gasteiger charge is 2.09. The number of rotatable bonds is 5. The van der Waals surface area contributed by atoms with Gasteiger partial charge in [0.15, 0.2) is 6.61 Å². The Labute approximate surface area is 116 Å². The van der Waals surface area contributed by atoms with E-state index < -0.39 is 0 Å². The van der Waals surface area contributed by atoms with Crippen molar-refractivity contribution in [2.75, 3.05) is 7.05 Å². The summed E-state index contributed by atoms with van der Waals surface area (Å²) < 4.78 is 10.8. The van der Waals surface area contributed by atoms with E-state index in [0.717, 1.165) is 5.56 Å². The van der Waals surface area contributed by atoms with Crippen molar-refractivity contribution in [2.45, 2.75) is 26.5 Å². The third-order valence-corrected chi connectivity index (χ3v) is 3.10. The fourth-order valence-electron chi connectivity index (χ4n) is 1.61. The minimum Gasteiger partial charge on any atom is -0.482 e. The molecule has 0 bridgehead atoms. The van der Waals surface area contributed by atoms with E-state index in [0.29, 0.717) is 22.6 Å². The second kappa shape index (κ2) is 6.04. The molecule has 0 fully saturated rings. The Bertz CT molecular complexity index is 557. The van der Waals surface area contributed by atoms with Gasteiger partial charge in [-0.1, -0.05) is 17.7 Å². The van der Waals surface area contributed by atoms with E-state index in [9.17, 15) is 0 Å². The summed E-state index contributed by atoms with van der Waals surface area (Å²) in [6.07, 6.45) is 0. The fourth-order valence-corrected chi connectivity index (χ4v) is 1.85. The number of hydrogen-bond acceptors (Lipinski definition) is 5. The lowest BCUT2D eigenvalue weighted by atomic mass is 10.1. The van der Waals surface area contributed by atoms with Gasteiger partial charge in [0.25, 0.3) is 5.89 Å². The molecule has 1 N–H and O–H groups in total. The summed E-state index contributed by atoms with van der Waals surface area (Å²) in [7, 11) is 1.90. The van der Waals surface area contributed by atoms with Crippen LogP contribution in [0.2, 0.25) is 5.02 Å². The number of aromatic nitrogens is 2. The van der Waals surface area contributed by atoms with Gasteiger partial charge in [-0.2, -0.15) is 0 Å². The van der Waals surface area contributed by atoms with Crippen molar-refractivity contribution in [2.24, 2.45) is 0 Å². The van der Waals surface area contributed by atoms with Crippen LogP contribution >= 0.6 is 11.6 Å². The zero-order chi connectivity index (χ0) is 13.8. The number of nitrogens with one attached hydrogen (secondary N) is 1. The van der Waals surface area contributed by atoms with Crippen LogP contribution in [-0.4, -0.2) is 17.2 Å². The van der Waals surface area contributed by atoms with E-state index in [1.165, 1.54) is 0 Å². The first-order valence-corrected chi connectivity index (χ1v) is 6.36. The minimum absolute atomic E-state index is 0.210. The van der Waals surface area contributed by atoms with Gasteiger partial charge in [0, 0.05) is 13.0 Å². The second-order valence-corrected chi connectivity index (χ2v) is 4.61. The molecule has 1 heterocycles. The maximum atomic E-state index is 6.18. The smallest absolute Gasteiger partial charge is 0.253 e. The summed E-state index contributed by atoms with van der Waals surface area (Å²) in [4.78, 5) is 0. The van der Waals surface area contributed by atoms with E-state index in [-0.39, 0.29) is 12.6 Å². The van der Waals surface area contributed by atoms with Gasteiger partial charge in [-0.05, 0) is 31.7 Å². The first-order chi connectivity index (χ1) is 9.10. The molecule has 0 saturated carbocycles. The molecule has 0 spiro atoms. The Morgan fingerprint density at radius 3 is 2.79 bits per heavy atom. The summed E-state index contributed by atoms with van der Waals surface area (Å²) in [5, 5.41) is 11.3. The molecule has 1 aromatic carbocycles. The maximum Gasteiger partial charge on any atom is 0.253 e. The van der Waals surface area contributed by atoms with Crippen molar-refractivity contribution in [3.8, 4) is 5.75 Å². The molecule has 1 aromatic heterocycles. The molecule has 0 amide bonds. The predicted molar refractivity (Wildman–Crippen MR) is 72.3 cm³/mol. The number of nitrogens with zero attached hydrogens (tertiary/aromatic N) is 2. The largest absolute Gasteiger partial charge is 0.482 e. The fraction of sp³-hybridized carbons (Fsp3) is 0.385. The van der Waals surface area contributed by atoms with Crippen molar-refractivity contribution in [3.05, 3.63) is 40.6 Å². The van der Waals surface area contributed by atoms with E-state index in [4.69, 9.17) is 20.8 Å². The summed E-state index contributed by atoms with van der Waals surface area (Å²) >= 11 is 6.18. The van der Waals surface area contributed by atoms with Gasteiger partial charge in [-0.15, -0.1) is 10.2 Å². The summed E-state index contributed by atoms with van der Waals surface area (Å²) in [5.74, 6) is 1.55. The van der Waals surface area contributed by atoms with E-state index in [1.54, 1.807) is 6.92 Å². The predicted octanol–water partition coefficient (Wildman–Crippen LogP) is 2.89. The molecule has 0 radical (unpaired) electrons. The van der Waals surface area contributed by atoms with Crippen LogP contribution in [0, 0.1) is 6.92 Å². The highest BCUT2D eigenvalue weighted by atomic mass is 35.5. The van der Waals surface area contributed by atoms with E-state index in [2.05, 4.69) is 22.4 Å². The van der Waals surface area contributed by atoms with Crippen LogP contribution in [0.4, 0.5) is 0 Å². The molecule has 0 aliphatic carbocycles. The minimum atomic E-state index is 0.210. The van der Waals surface area contributed by atoms with Gasteiger partial charge in [-0.3, -0.25) is 0 Å². The quantitative estimate of drug-likeness (QED) is 0.913. The van der Waals surface area contributed by atoms with E-state index in [1.807, 2.05) is 25.2 Å². The van der Waals surface area contributed by atoms with Gasteiger partial charge < -0.3 is 14.5 Å². The molecule has 2 aromatic rings. The standard InChI is InChI=1S/C13H16ClN3O2/c1-8(15-3)10-4-5-12(11(14)6-10)18-7-13-17-16-9(2)19-13/h4-6,8,15H,7H2,1-3H3. The van der Waals surface area contributed by atoms with Crippen molar-refractivity contribution in [3.63, 3.8) is 0 Å². The van der Waals surface area contributed by atoms with Gasteiger partial charge in [0.05, 0.1) is 5.02 Å². The average molecular weight is 282 g/mol. The molecule has 102 valence electrons. The van der Waals surface area contributed by atoms with Gasteiger partial charge in [-0.25, -0.2) is 0 Å². The van der Waals surface area contributed by atoms with Crippen LogP contribution in [0.25, 0.3) is 0 Å². The Hall–Kier alpha value is -1.59. The third-order valence-electron chi connectivity index (χ3n) is 2.81. The zero-order valence-corrected chi connectivity index (χ0v) is 11.9. The first kappa shape index (κ1) is 13.8. The molecular formula is C13H16ClN3O2. The Kier molecular flexibility index (Phi) is 4.39. The number of benzene rings is 1. The first-order valence-electron chi connectivity index (χ1n) is 5.98. The monoisotopic (exact) mass is 281 g/mol. The van der Waals surface area contributed by atoms with Crippen molar-refractivity contribution in [1.82, 2.24) is 15.5 Å². The number of aryl methyl sites for hydroxylation is 1. The summed E-state index contributed by atoms with van der Waals surface area (Å²) in [6, 6.07) is 5.94. The van der Waals surface area contributed by atoms with Crippen molar-refractivity contribution >= 4 is 11.6 Å². The van der Waals surface area contributed by atoms with E-state index >= 15 is 0 Å². The Morgan fingerprint density at radius 1 is 1.42 bits per heavy atom. The molecular weight excluding hydrogens is 266 g/mol. The van der Waals surface area contributed by atoms with Crippen molar-refractivity contribution in [1.29, 1.82) is 0 Å². The highest BCUT2D eigenvalue weighted by Crippen LogP contribution is 2.28. The number of hydrogen-bond donors (Lipinski definition) is 1. The molecule has 6 heteroatoms. The van der Waals surface area contributed by atoms with Crippen LogP contribution < -0.4 is 10.1 Å². The maximum absolute atomic E-state index is 6.18. The molecule has 19 heavy (non-hydrogen) atoms. The lowest BCUT2D eigenvalue weighted by molar-refractivity contribution is 0.260. The van der Waals surface area contributed by atoms with Crippen molar-refractivity contribution < 1.29 is 9.15 Å². The zero-order valence-electron chi connectivity index (χ0n) is 11.1. The SMILES string of the molecule is CNC(C)c1ccc(OCc2nnc(C)o2)c(Cl)c1. The number of ether oxygens (including phenoxy) is 1. The molecule has 0 aliphatic rings. The molecule has 1 unspecified atom stereocenters. The lowest BCUT2D eigenvalue weighted by Gasteiger charge is -2.12. The second-order valence-electron chi connectivity index (χ2n) is 4.20. The lowest BCUT2D eigenvalue weighted by Crippen LogP contribution is -2.12. The van der Waals surface area contributed by atoms with Crippen LogP contribution in [0.5, 0.6) is 5.75 Å². The van der Waals surface area contributed by atoms with Gasteiger partial charge in [0.1, 0.15) is 5.75 Å². The summed E-state index contributed by atoms with van der Waals surface area (Å²) in [6.45, 7) is 4.01. The topological polar surface area (TPSA) is 60.2 Å². The van der Waals surface area contributed by atoms with Crippen LogP contribution in [0.15, 0.2) is 22.6 Å². The van der Waals surface area contributed by atoms with Gasteiger partial charge >= 0.3 is 0 Å². The highest BCUT2D eigenvalue weighted by molar-refractivity contribution is 6.32. The molecule has 0 saturated heterocycles. The molecule has 0 aliphatic heterocycles. The molecule has 2 rings (SSSR count). The molecule has 1 atom stereocenters. The third kappa shape index (κ3) is 3.45. The van der Waals surface area contributed by atoms with Crippen LogP contribution in [0.3, 0.4) is 0 Å². The normalized spacial score (nSPS) is 12.4. The van der Waals surface area contributed by atoms with Gasteiger partial charge in [0.2, 0.25) is 5.89 Å². The summed E-state index contributed by atoms with van der Waals surface area (Å²) in [5.41, 5.74) is 1.11. The van der Waals surface area contributed by atoms with Crippen LogP contribution in [-0.2, 0) is 6.61 Å². The Morgan fingerprint density at radius 2 is 2.21 bits per heavy atom. The molecule has 5 nitrogen and oxygen atoms in total. The number of halogens is 1.